The van der Waals surface area contributed by atoms with Crippen LogP contribution in [0.15, 0.2) is 29.3 Å². The molecule has 1 aromatic carbocycles. The molecule has 6 nitrogen and oxygen atoms in total. The van der Waals surface area contributed by atoms with E-state index in [1.165, 1.54) is 0 Å². The van der Waals surface area contributed by atoms with E-state index in [0.717, 1.165) is 11.8 Å². The first kappa shape index (κ1) is 16.6. The zero-order chi connectivity index (χ0) is 17.0. The van der Waals surface area contributed by atoms with Crippen molar-refractivity contribution in [2.45, 2.75) is 5.03 Å². The lowest BCUT2D eigenvalue weighted by molar-refractivity contribution is -0.410. The average molecular weight is 345 g/mol. The number of nitrogens with two attached hydrogens (primary N) is 2. The van der Waals surface area contributed by atoms with Crippen molar-refractivity contribution in [3.8, 4) is 23.3 Å². The molecule has 0 saturated carbocycles. The largest absolute Gasteiger partial charge is 0.369 e. The van der Waals surface area contributed by atoms with E-state index in [1.54, 1.807) is 24.3 Å². The second-order valence-electron chi connectivity index (χ2n) is 4.45. The quantitative estimate of drug-likeness (QED) is 0.815. The fourth-order valence-electron chi connectivity index (χ4n) is 2.03. The molecule has 114 valence electrons. The van der Waals surface area contributed by atoms with Crippen LogP contribution in [0, 0.1) is 22.7 Å². The molecule has 0 aliphatic heterocycles. The Balaban J connectivity index is 2.78. The van der Waals surface area contributed by atoms with E-state index >= 15 is 0 Å². The normalized spacial score (nSPS) is 9.87. The minimum Gasteiger partial charge on any atom is -0.369 e. The summed E-state index contributed by atoms with van der Waals surface area (Å²) < 4.78 is 0. The first-order chi connectivity index (χ1) is 11.0. The number of nitriles is 2. The molecule has 2 aromatic rings. The molecule has 0 atom stereocenters. The monoisotopic (exact) mass is 344 g/mol. The molecule has 2 rings (SSSR count). The van der Waals surface area contributed by atoms with Gasteiger partial charge in [-0.1, -0.05) is 41.6 Å². The smallest absolute Gasteiger partial charge is 0.289 e. The Kier molecular flexibility index (Phi) is 5.07. The maximum absolute atomic E-state index is 11.0. The van der Waals surface area contributed by atoms with Crippen LogP contribution in [-0.2, 0) is 4.79 Å². The molecule has 0 saturated heterocycles. The summed E-state index contributed by atoms with van der Waals surface area (Å²) in [6, 6.07) is 10.9. The van der Waals surface area contributed by atoms with E-state index < -0.39 is 5.91 Å². The topological polar surface area (TPSA) is 131 Å². The van der Waals surface area contributed by atoms with Gasteiger partial charge < -0.3 is 5.73 Å². The number of thioether (sulfide) groups is 1. The van der Waals surface area contributed by atoms with Crippen LogP contribution in [0.25, 0.3) is 11.1 Å². The van der Waals surface area contributed by atoms with Crippen molar-refractivity contribution in [1.82, 2.24) is 0 Å². The van der Waals surface area contributed by atoms with Crippen LogP contribution in [0.5, 0.6) is 0 Å². The first-order valence-electron chi connectivity index (χ1n) is 6.34. The van der Waals surface area contributed by atoms with Crippen LogP contribution in [0.1, 0.15) is 11.1 Å². The van der Waals surface area contributed by atoms with Crippen molar-refractivity contribution in [1.29, 1.82) is 10.5 Å². The van der Waals surface area contributed by atoms with E-state index in [1.807, 2.05) is 12.1 Å². The van der Waals surface area contributed by atoms with Crippen molar-refractivity contribution >= 4 is 35.1 Å². The number of primary amides is 1. The Morgan fingerprint density at radius 2 is 1.91 bits per heavy atom. The summed E-state index contributed by atoms with van der Waals surface area (Å²) >= 11 is 7.24. The molecule has 1 aromatic heterocycles. The average Bonchev–Trinajstić information content (AvgIpc) is 2.52. The number of rotatable bonds is 4. The highest BCUT2D eigenvalue weighted by Crippen LogP contribution is 2.36. The molecule has 0 spiro atoms. The lowest BCUT2D eigenvalue weighted by atomic mass is 9.97. The number of anilines is 1. The summed E-state index contributed by atoms with van der Waals surface area (Å²) in [5.41, 5.74) is 12.2. The molecule has 8 heteroatoms. The summed E-state index contributed by atoms with van der Waals surface area (Å²) in [5.74, 6) is -0.471. The highest BCUT2D eigenvalue weighted by atomic mass is 35.5. The van der Waals surface area contributed by atoms with Crippen LogP contribution < -0.4 is 16.5 Å². The fourth-order valence-corrected chi connectivity index (χ4v) is 3.02. The Bertz CT molecular complexity index is 869. The lowest BCUT2D eigenvalue weighted by Gasteiger charge is -2.11. The molecule has 1 heterocycles. The number of nitrogens with one attached hydrogen (secondary N) is 1. The Morgan fingerprint density at radius 3 is 2.48 bits per heavy atom. The third kappa shape index (κ3) is 3.37. The van der Waals surface area contributed by atoms with Crippen molar-refractivity contribution < 1.29 is 9.78 Å². The maximum Gasteiger partial charge on any atom is 0.289 e. The number of aromatic nitrogens is 1. The van der Waals surface area contributed by atoms with E-state index in [9.17, 15) is 15.3 Å². The van der Waals surface area contributed by atoms with Crippen LogP contribution in [-0.4, -0.2) is 11.7 Å². The number of carbonyl (C=O) groups is 1. The minimum atomic E-state index is -0.533. The second kappa shape index (κ2) is 7.01. The van der Waals surface area contributed by atoms with Crippen molar-refractivity contribution in [3.63, 3.8) is 0 Å². The van der Waals surface area contributed by atoms with Crippen LogP contribution in [0.3, 0.4) is 0 Å². The number of nitrogen functional groups attached to an aromatic ring is 1. The van der Waals surface area contributed by atoms with Gasteiger partial charge in [-0.25, -0.2) is 4.98 Å². The van der Waals surface area contributed by atoms with Gasteiger partial charge in [0, 0.05) is 16.1 Å². The van der Waals surface area contributed by atoms with Crippen molar-refractivity contribution in [2.75, 3.05) is 11.5 Å². The van der Waals surface area contributed by atoms with Gasteiger partial charge >= 0.3 is 0 Å². The van der Waals surface area contributed by atoms with E-state index in [-0.39, 0.29) is 22.7 Å². The molecule has 0 radical (unpaired) electrons. The number of amides is 1. The molecule has 0 aliphatic carbocycles. The molecule has 5 N–H and O–H groups in total. The van der Waals surface area contributed by atoms with Gasteiger partial charge in [-0.3, -0.25) is 10.5 Å². The highest BCUT2D eigenvalue weighted by molar-refractivity contribution is 7.99. The molecule has 23 heavy (non-hydrogen) atoms. The Morgan fingerprint density at radius 1 is 1.26 bits per heavy atom. The van der Waals surface area contributed by atoms with E-state index in [2.05, 4.69) is 4.98 Å². The Hall–Kier alpha value is -2.74. The van der Waals surface area contributed by atoms with Gasteiger partial charge in [0.2, 0.25) is 5.91 Å². The number of hydrogen-bond donors (Lipinski definition) is 2. The molecular weight excluding hydrogens is 334 g/mol. The van der Waals surface area contributed by atoms with Crippen molar-refractivity contribution in [2.24, 2.45) is 5.73 Å². The summed E-state index contributed by atoms with van der Waals surface area (Å²) in [5, 5.41) is 19.7. The minimum absolute atomic E-state index is 0.0293. The lowest BCUT2D eigenvalue weighted by Crippen LogP contribution is -2.21. The number of halogens is 1. The molecule has 0 bridgehead atoms. The highest BCUT2D eigenvalue weighted by Gasteiger charge is 2.25. The molecule has 0 unspecified atom stereocenters. The third-order valence-corrected chi connectivity index (χ3v) is 4.32. The maximum atomic E-state index is 11.0. The third-order valence-electron chi connectivity index (χ3n) is 2.97. The first-order valence-corrected chi connectivity index (χ1v) is 7.70. The van der Waals surface area contributed by atoms with Gasteiger partial charge in [-0.05, 0) is 6.07 Å². The summed E-state index contributed by atoms with van der Waals surface area (Å²) in [6.07, 6.45) is 0. The van der Waals surface area contributed by atoms with Gasteiger partial charge in [-0.2, -0.15) is 10.5 Å². The predicted molar refractivity (Wildman–Crippen MR) is 87.2 cm³/mol. The van der Waals surface area contributed by atoms with Gasteiger partial charge in [0.1, 0.15) is 23.3 Å². The molecular formula is C15H11ClN5OS+. The summed E-state index contributed by atoms with van der Waals surface area (Å²) in [6.45, 7) is 0. The van der Waals surface area contributed by atoms with Gasteiger partial charge in [0.25, 0.3) is 5.82 Å². The molecule has 1 amide bonds. The second-order valence-corrected chi connectivity index (χ2v) is 5.84. The fraction of sp³-hybridized carbons (Fsp3) is 0.0667. The number of benzene rings is 1. The van der Waals surface area contributed by atoms with Crippen molar-refractivity contribution in [3.05, 3.63) is 40.4 Å². The number of nitrogens with zero attached hydrogens (tertiary/aromatic N) is 2. The van der Waals surface area contributed by atoms with E-state index in [0.29, 0.717) is 21.2 Å². The zero-order valence-electron chi connectivity index (χ0n) is 11.8. The number of aromatic amines is 1. The Labute approximate surface area is 141 Å². The number of hydrogen-bond acceptors (Lipinski definition) is 5. The number of H-pyrrole nitrogens is 1. The zero-order valence-corrected chi connectivity index (χ0v) is 13.3. The SMILES string of the molecule is N#Cc1c(N)[nH+]c(SCC(N)=O)c(C#N)c1-c1ccccc1Cl. The van der Waals surface area contributed by atoms with Gasteiger partial charge in [-0.15, -0.1) is 0 Å². The summed E-state index contributed by atoms with van der Waals surface area (Å²) in [4.78, 5) is 13.8. The molecule has 0 aliphatic rings. The number of pyridine rings is 1. The van der Waals surface area contributed by atoms with Crippen LogP contribution >= 0.6 is 23.4 Å². The van der Waals surface area contributed by atoms with Gasteiger partial charge in [0.15, 0.2) is 5.03 Å². The van der Waals surface area contributed by atoms with E-state index in [4.69, 9.17) is 23.1 Å². The number of carbonyl (C=O) groups excluding carboxylic acids is 1. The predicted octanol–water partition coefficient (Wildman–Crippen LogP) is 1.72. The van der Waals surface area contributed by atoms with Crippen LogP contribution in [0.4, 0.5) is 5.82 Å². The van der Waals surface area contributed by atoms with Crippen LogP contribution in [0.2, 0.25) is 5.02 Å². The van der Waals surface area contributed by atoms with Gasteiger partial charge in [0.05, 0.1) is 5.75 Å². The molecule has 0 fully saturated rings. The summed E-state index contributed by atoms with van der Waals surface area (Å²) in [7, 11) is 0. The standard InChI is InChI=1S/C15H10ClN5OS/c16-11-4-2-1-3-8(11)13-9(5-17)14(20)21-15(10(13)6-18)23-7-12(19)22/h1-4H,7H2,(H2,19,22)(H2,20,21)/p+1.